The third-order valence-corrected chi connectivity index (χ3v) is 4.28. The molecular weight excluding hydrogens is 280 g/mol. The Balaban J connectivity index is 2.12. The number of rotatable bonds is 4. The first kappa shape index (κ1) is 15.2. The number of nitrogens with zero attached hydrogens (tertiary/aromatic N) is 2. The number of hydrogen-bond donors (Lipinski definition) is 1. The van der Waals surface area contributed by atoms with E-state index in [9.17, 15) is 15.2 Å². The van der Waals surface area contributed by atoms with Crippen molar-refractivity contribution in [3.63, 3.8) is 0 Å². The Morgan fingerprint density at radius 2 is 2.25 bits per heavy atom. The molecule has 110 valence electrons. The van der Waals surface area contributed by atoms with E-state index in [2.05, 4.69) is 11.8 Å². The molecule has 6 heteroatoms. The standard InChI is InChI=1S/C14H19ClN2O3/c1-10-2-3-12(9-18)8-16(10)7-11-4-5-13(15)14(6-11)17(19)20/h4-6,10,12,18H,2-3,7-9H2,1H3. The fraction of sp³-hybridized carbons (Fsp3) is 0.571. The summed E-state index contributed by atoms with van der Waals surface area (Å²) in [5.74, 6) is 0.300. The van der Waals surface area contributed by atoms with Crippen LogP contribution in [0.4, 0.5) is 5.69 Å². The first-order chi connectivity index (χ1) is 9.51. The van der Waals surface area contributed by atoms with Gasteiger partial charge in [0.05, 0.1) is 4.92 Å². The second-order valence-electron chi connectivity index (χ2n) is 5.45. The molecule has 1 aliphatic heterocycles. The quantitative estimate of drug-likeness (QED) is 0.685. The highest BCUT2D eigenvalue weighted by atomic mass is 35.5. The Labute approximate surface area is 123 Å². The van der Waals surface area contributed by atoms with Crippen LogP contribution in [0.3, 0.4) is 0 Å². The lowest BCUT2D eigenvalue weighted by atomic mass is 9.93. The first-order valence-electron chi connectivity index (χ1n) is 6.79. The molecule has 1 heterocycles. The van der Waals surface area contributed by atoms with Crippen molar-refractivity contribution >= 4 is 17.3 Å². The number of benzene rings is 1. The van der Waals surface area contributed by atoms with Gasteiger partial charge < -0.3 is 5.11 Å². The summed E-state index contributed by atoms with van der Waals surface area (Å²) in [6, 6.07) is 5.36. The molecule has 0 saturated carbocycles. The molecular formula is C14H19ClN2O3. The van der Waals surface area contributed by atoms with Gasteiger partial charge in [0.2, 0.25) is 0 Å². The van der Waals surface area contributed by atoms with Gasteiger partial charge in [0.25, 0.3) is 5.69 Å². The van der Waals surface area contributed by atoms with Crippen LogP contribution in [0.1, 0.15) is 25.3 Å². The summed E-state index contributed by atoms with van der Waals surface area (Å²) < 4.78 is 0. The highest BCUT2D eigenvalue weighted by molar-refractivity contribution is 6.32. The summed E-state index contributed by atoms with van der Waals surface area (Å²) in [5.41, 5.74) is 0.832. The lowest BCUT2D eigenvalue weighted by Gasteiger charge is -2.37. The molecule has 0 aliphatic carbocycles. The Morgan fingerprint density at radius 3 is 2.90 bits per heavy atom. The number of aliphatic hydroxyl groups excluding tert-OH is 1. The SMILES string of the molecule is CC1CCC(CO)CN1Cc1ccc(Cl)c([N+](=O)[O-])c1. The lowest BCUT2D eigenvalue weighted by molar-refractivity contribution is -0.384. The van der Waals surface area contributed by atoms with Gasteiger partial charge in [-0.1, -0.05) is 17.7 Å². The van der Waals surface area contributed by atoms with Gasteiger partial charge in [-0.15, -0.1) is 0 Å². The zero-order valence-corrected chi connectivity index (χ0v) is 12.2. The zero-order valence-electron chi connectivity index (χ0n) is 11.5. The van der Waals surface area contributed by atoms with Crippen molar-refractivity contribution < 1.29 is 10.0 Å². The van der Waals surface area contributed by atoms with Gasteiger partial charge in [0.15, 0.2) is 0 Å². The van der Waals surface area contributed by atoms with Crippen molar-refractivity contribution in [1.29, 1.82) is 0 Å². The second-order valence-corrected chi connectivity index (χ2v) is 5.85. The van der Waals surface area contributed by atoms with Gasteiger partial charge in [0, 0.05) is 31.8 Å². The van der Waals surface area contributed by atoms with Crippen LogP contribution < -0.4 is 0 Å². The molecule has 0 radical (unpaired) electrons. The van der Waals surface area contributed by atoms with Crippen molar-refractivity contribution in [2.24, 2.45) is 5.92 Å². The van der Waals surface area contributed by atoms with Crippen LogP contribution in [-0.4, -0.2) is 34.1 Å². The topological polar surface area (TPSA) is 66.6 Å². The predicted molar refractivity (Wildman–Crippen MR) is 77.8 cm³/mol. The number of hydrogen-bond acceptors (Lipinski definition) is 4. The maximum Gasteiger partial charge on any atom is 0.288 e. The summed E-state index contributed by atoms with van der Waals surface area (Å²) in [7, 11) is 0. The van der Waals surface area contributed by atoms with Gasteiger partial charge in [-0.3, -0.25) is 15.0 Å². The highest BCUT2D eigenvalue weighted by Gasteiger charge is 2.25. The summed E-state index contributed by atoms with van der Waals surface area (Å²) in [4.78, 5) is 12.7. The molecule has 0 amide bonds. The molecule has 1 N–H and O–H groups in total. The molecule has 2 atom stereocenters. The Hall–Kier alpha value is -1.17. The van der Waals surface area contributed by atoms with Crippen LogP contribution in [0.25, 0.3) is 0 Å². The van der Waals surface area contributed by atoms with E-state index >= 15 is 0 Å². The van der Waals surface area contributed by atoms with Crippen LogP contribution in [-0.2, 0) is 6.54 Å². The van der Waals surface area contributed by atoms with Crippen LogP contribution in [0.2, 0.25) is 5.02 Å². The van der Waals surface area contributed by atoms with Gasteiger partial charge in [-0.25, -0.2) is 0 Å². The summed E-state index contributed by atoms with van der Waals surface area (Å²) in [6.45, 7) is 3.83. The van der Waals surface area contributed by atoms with Gasteiger partial charge >= 0.3 is 0 Å². The third-order valence-electron chi connectivity index (χ3n) is 3.96. The molecule has 0 bridgehead atoms. The smallest absolute Gasteiger partial charge is 0.288 e. The average molecular weight is 299 g/mol. The van der Waals surface area contributed by atoms with E-state index in [1.165, 1.54) is 6.07 Å². The number of nitro groups is 1. The van der Waals surface area contributed by atoms with Crippen molar-refractivity contribution in [1.82, 2.24) is 4.90 Å². The molecule has 2 rings (SSSR count). The minimum Gasteiger partial charge on any atom is -0.396 e. The maximum atomic E-state index is 10.9. The number of aliphatic hydroxyl groups is 1. The third kappa shape index (κ3) is 3.48. The van der Waals surface area contributed by atoms with Crippen molar-refractivity contribution in [3.8, 4) is 0 Å². The Bertz CT molecular complexity index is 495. The minimum atomic E-state index is -0.456. The molecule has 5 nitrogen and oxygen atoms in total. The number of nitro benzene ring substituents is 1. The minimum absolute atomic E-state index is 0.0486. The molecule has 0 aromatic heterocycles. The van der Waals surface area contributed by atoms with Crippen LogP contribution in [0.15, 0.2) is 18.2 Å². The molecule has 20 heavy (non-hydrogen) atoms. The first-order valence-corrected chi connectivity index (χ1v) is 7.16. The van der Waals surface area contributed by atoms with E-state index in [1.54, 1.807) is 6.07 Å². The summed E-state index contributed by atoms with van der Waals surface area (Å²) >= 11 is 5.82. The van der Waals surface area contributed by atoms with E-state index in [4.69, 9.17) is 11.6 Å². The predicted octanol–water partition coefficient (Wildman–Crippen LogP) is 2.84. The Kier molecular flexibility index (Phi) is 4.96. The van der Waals surface area contributed by atoms with Crippen LogP contribution in [0.5, 0.6) is 0 Å². The summed E-state index contributed by atoms with van der Waals surface area (Å²) in [6.07, 6.45) is 2.08. The molecule has 0 spiro atoms. The molecule has 1 fully saturated rings. The summed E-state index contributed by atoms with van der Waals surface area (Å²) in [5, 5.41) is 20.3. The average Bonchev–Trinajstić information content (AvgIpc) is 2.43. The largest absolute Gasteiger partial charge is 0.396 e. The second kappa shape index (κ2) is 6.52. The lowest BCUT2D eigenvalue weighted by Crippen LogP contribution is -2.42. The number of likely N-dealkylation sites (tertiary alicyclic amines) is 1. The van der Waals surface area contributed by atoms with E-state index in [-0.39, 0.29) is 17.3 Å². The molecule has 1 aliphatic rings. The maximum absolute atomic E-state index is 10.9. The van der Waals surface area contributed by atoms with E-state index in [0.717, 1.165) is 24.9 Å². The monoisotopic (exact) mass is 298 g/mol. The van der Waals surface area contributed by atoms with Crippen molar-refractivity contribution in [2.75, 3.05) is 13.2 Å². The normalized spacial score (nSPS) is 23.8. The highest BCUT2D eigenvalue weighted by Crippen LogP contribution is 2.28. The molecule has 2 unspecified atom stereocenters. The molecule has 1 aromatic carbocycles. The fourth-order valence-corrected chi connectivity index (χ4v) is 2.85. The van der Waals surface area contributed by atoms with E-state index < -0.39 is 4.92 Å². The van der Waals surface area contributed by atoms with Gasteiger partial charge in [0.1, 0.15) is 5.02 Å². The zero-order chi connectivity index (χ0) is 14.7. The number of piperidine rings is 1. The van der Waals surface area contributed by atoms with Crippen LogP contribution >= 0.6 is 11.6 Å². The molecule has 1 aromatic rings. The number of halogens is 1. The fourth-order valence-electron chi connectivity index (χ4n) is 2.66. The van der Waals surface area contributed by atoms with Gasteiger partial charge in [-0.05, 0) is 37.3 Å². The van der Waals surface area contributed by atoms with E-state index in [0.29, 0.717) is 18.5 Å². The van der Waals surface area contributed by atoms with Crippen molar-refractivity contribution in [3.05, 3.63) is 38.9 Å². The van der Waals surface area contributed by atoms with E-state index in [1.807, 2.05) is 6.07 Å². The van der Waals surface area contributed by atoms with Gasteiger partial charge in [-0.2, -0.15) is 0 Å². The van der Waals surface area contributed by atoms with Crippen LogP contribution in [0, 0.1) is 16.0 Å². The molecule has 1 saturated heterocycles. The van der Waals surface area contributed by atoms with Crippen molar-refractivity contribution in [2.45, 2.75) is 32.4 Å². The Morgan fingerprint density at radius 1 is 1.50 bits per heavy atom.